The number of nitrogens with zero attached hydrogens (tertiary/aromatic N) is 1. The Morgan fingerprint density at radius 1 is 1.23 bits per heavy atom. The minimum Gasteiger partial charge on any atom is -0.508 e. The van der Waals surface area contributed by atoms with Crippen LogP contribution < -0.4 is 5.32 Å². The molecular weight excluding hydrogens is 296 g/mol. The van der Waals surface area contributed by atoms with Gasteiger partial charge in [-0.1, -0.05) is 0 Å². The number of hydrogen-bond donors (Lipinski definition) is 2. The molecule has 9 heteroatoms. The van der Waals surface area contributed by atoms with Crippen molar-refractivity contribution in [3.8, 4) is 5.75 Å². The van der Waals surface area contributed by atoms with Crippen molar-refractivity contribution in [1.82, 2.24) is 0 Å². The summed E-state index contributed by atoms with van der Waals surface area (Å²) in [4.78, 5) is 33.4. The van der Waals surface area contributed by atoms with Crippen molar-refractivity contribution in [1.29, 1.82) is 0 Å². The molecule has 1 aromatic rings. The molecule has 1 aliphatic heterocycles. The highest BCUT2D eigenvalue weighted by Gasteiger charge is 2.38. The van der Waals surface area contributed by atoms with Gasteiger partial charge in [-0.25, -0.2) is 9.59 Å². The molecule has 1 saturated heterocycles. The maximum atomic E-state index is 11.7. The second-order valence-corrected chi connectivity index (χ2v) is 4.88. The SMILES string of the molecule is CC1(C)OC(=O)C(=CNc2cc(O)cc([N+](=O)[O-])c2)C(=O)O1. The number of nitrogens with one attached hydrogen (secondary N) is 1. The number of hydrogen-bond acceptors (Lipinski definition) is 8. The highest BCUT2D eigenvalue weighted by molar-refractivity contribution is 6.15. The molecule has 2 N–H and O–H groups in total. The van der Waals surface area contributed by atoms with Crippen LogP contribution in [0.1, 0.15) is 13.8 Å². The number of aromatic hydroxyl groups is 1. The summed E-state index contributed by atoms with van der Waals surface area (Å²) in [6.07, 6.45) is 0.998. The van der Waals surface area contributed by atoms with Crippen molar-refractivity contribution < 1.29 is 29.1 Å². The first-order valence-corrected chi connectivity index (χ1v) is 6.10. The Morgan fingerprint density at radius 3 is 2.36 bits per heavy atom. The standard InChI is InChI=1S/C13H12N2O7/c1-13(2)21-11(17)10(12(18)22-13)6-14-7-3-8(15(19)20)5-9(16)4-7/h3-6,14,16H,1-2H3. The molecular formula is C13H12N2O7. The number of esters is 2. The first kappa shape index (κ1) is 15.3. The number of carbonyl (C=O) groups excluding carboxylic acids is 2. The van der Waals surface area contributed by atoms with Gasteiger partial charge < -0.3 is 19.9 Å². The van der Waals surface area contributed by atoms with Crippen molar-refractivity contribution >= 4 is 23.3 Å². The quantitative estimate of drug-likeness (QED) is 0.282. The van der Waals surface area contributed by atoms with Gasteiger partial charge in [0, 0.05) is 37.9 Å². The van der Waals surface area contributed by atoms with Gasteiger partial charge in [-0.3, -0.25) is 10.1 Å². The number of phenolic OH excluding ortho intramolecular Hbond substituents is 1. The highest BCUT2D eigenvalue weighted by Crippen LogP contribution is 2.26. The molecule has 1 aliphatic rings. The highest BCUT2D eigenvalue weighted by atomic mass is 16.7. The largest absolute Gasteiger partial charge is 0.508 e. The molecule has 0 aliphatic carbocycles. The van der Waals surface area contributed by atoms with Crippen molar-refractivity contribution in [2.45, 2.75) is 19.6 Å². The average Bonchev–Trinajstić information content (AvgIpc) is 2.35. The molecule has 0 spiro atoms. The Bertz CT molecular complexity index is 672. The van der Waals surface area contributed by atoms with E-state index >= 15 is 0 Å². The Labute approximate surface area is 124 Å². The zero-order valence-corrected chi connectivity index (χ0v) is 11.7. The Balaban J connectivity index is 2.23. The Kier molecular flexibility index (Phi) is 3.72. The van der Waals surface area contributed by atoms with E-state index in [0.717, 1.165) is 18.3 Å². The van der Waals surface area contributed by atoms with Gasteiger partial charge >= 0.3 is 11.9 Å². The molecule has 1 aromatic carbocycles. The van der Waals surface area contributed by atoms with E-state index in [0.29, 0.717) is 0 Å². The predicted octanol–water partition coefficient (Wildman–Crippen LogP) is 1.43. The van der Waals surface area contributed by atoms with Crippen molar-refractivity contribution in [2.75, 3.05) is 5.32 Å². The van der Waals surface area contributed by atoms with Gasteiger partial charge in [-0.05, 0) is 0 Å². The third-order valence-electron chi connectivity index (χ3n) is 2.61. The van der Waals surface area contributed by atoms with Crippen LogP contribution in [-0.4, -0.2) is 27.8 Å². The van der Waals surface area contributed by atoms with Gasteiger partial charge in [0.15, 0.2) is 5.57 Å². The number of carbonyl (C=O) groups is 2. The van der Waals surface area contributed by atoms with Crippen molar-refractivity contribution in [3.63, 3.8) is 0 Å². The number of nitro groups is 1. The van der Waals surface area contributed by atoms with Crippen LogP contribution in [-0.2, 0) is 19.1 Å². The minimum absolute atomic E-state index is 0.115. The van der Waals surface area contributed by atoms with Gasteiger partial charge in [0.1, 0.15) is 5.75 Å². The molecule has 1 fully saturated rings. The van der Waals surface area contributed by atoms with Crippen LogP contribution >= 0.6 is 0 Å². The lowest BCUT2D eigenvalue weighted by molar-refractivity contribution is -0.384. The van der Waals surface area contributed by atoms with E-state index in [1.807, 2.05) is 0 Å². The van der Waals surface area contributed by atoms with Crippen LogP contribution in [0.3, 0.4) is 0 Å². The zero-order valence-electron chi connectivity index (χ0n) is 11.7. The summed E-state index contributed by atoms with van der Waals surface area (Å²) in [6, 6.07) is 3.28. The Hall–Kier alpha value is -3.10. The fourth-order valence-corrected chi connectivity index (χ4v) is 1.72. The lowest BCUT2D eigenvalue weighted by Crippen LogP contribution is -2.42. The summed E-state index contributed by atoms with van der Waals surface area (Å²) in [6.45, 7) is 2.82. The molecule has 0 saturated carbocycles. The van der Waals surface area contributed by atoms with Crippen LogP contribution in [0.5, 0.6) is 5.75 Å². The molecule has 0 radical (unpaired) electrons. The minimum atomic E-state index is -1.35. The summed E-state index contributed by atoms with van der Waals surface area (Å²) in [5.74, 6) is -3.47. The monoisotopic (exact) mass is 308 g/mol. The smallest absolute Gasteiger partial charge is 0.350 e. The second kappa shape index (κ2) is 5.35. The second-order valence-electron chi connectivity index (χ2n) is 4.88. The maximum absolute atomic E-state index is 11.7. The summed E-state index contributed by atoms with van der Waals surface area (Å²) in [5.41, 5.74) is -0.634. The van der Waals surface area contributed by atoms with Crippen LogP contribution in [0.25, 0.3) is 0 Å². The normalized spacial score (nSPS) is 16.5. The molecule has 0 unspecified atom stereocenters. The van der Waals surface area contributed by atoms with E-state index in [4.69, 9.17) is 9.47 Å². The third kappa shape index (κ3) is 3.32. The van der Waals surface area contributed by atoms with Crippen LogP contribution in [0.2, 0.25) is 0 Å². The number of non-ortho nitro benzene ring substituents is 1. The Morgan fingerprint density at radius 2 is 1.82 bits per heavy atom. The van der Waals surface area contributed by atoms with Gasteiger partial charge in [0.25, 0.3) is 11.5 Å². The molecule has 0 bridgehead atoms. The summed E-state index contributed by atoms with van der Waals surface area (Å²) in [5, 5.41) is 22.6. The summed E-state index contributed by atoms with van der Waals surface area (Å²) < 4.78 is 9.77. The van der Waals surface area contributed by atoms with Crippen molar-refractivity contribution in [3.05, 3.63) is 40.1 Å². The maximum Gasteiger partial charge on any atom is 0.350 e. The average molecular weight is 308 g/mol. The van der Waals surface area contributed by atoms with Gasteiger partial charge in [0.2, 0.25) is 0 Å². The molecule has 116 valence electrons. The van der Waals surface area contributed by atoms with Crippen molar-refractivity contribution in [2.24, 2.45) is 0 Å². The third-order valence-corrected chi connectivity index (χ3v) is 2.61. The van der Waals surface area contributed by atoms with E-state index in [9.17, 15) is 24.8 Å². The van der Waals surface area contributed by atoms with Crippen LogP contribution in [0.15, 0.2) is 30.0 Å². The lowest BCUT2D eigenvalue weighted by atomic mass is 10.2. The summed E-state index contributed by atoms with van der Waals surface area (Å²) in [7, 11) is 0. The number of ether oxygens (including phenoxy) is 2. The van der Waals surface area contributed by atoms with Crippen LogP contribution in [0, 0.1) is 10.1 Å². The first-order chi connectivity index (χ1) is 10.2. The molecule has 0 aromatic heterocycles. The topological polar surface area (TPSA) is 128 Å². The van der Waals surface area contributed by atoms with Gasteiger partial charge in [-0.15, -0.1) is 0 Å². The molecule has 9 nitrogen and oxygen atoms in total. The van der Waals surface area contributed by atoms with Crippen LogP contribution in [0.4, 0.5) is 11.4 Å². The zero-order chi connectivity index (χ0) is 16.5. The predicted molar refractivity (Wildman–Crippen MR) is 72.7 cm³/mol. The fourth-order valence-electron chi connectivity index (χ4n) is 1.72. The van der Waals surface area contributed by atoms with Gasteiger partial charge in [0.05, 0.1) is 11.0 Å². The number of nitro benzene ring substituents is 1. The van der Waals surface area contributed by atoms with E-state index in [1.165, 1.54) is 19.9 Å². The number of anilines is 1. The molecule has 22 heavy (non-hydrogen) atoms. The number of rotatable bonds is 3. The van der Waals surface area contributed by atoms with E-state index < -0.39 is 28.2 Å². The number of phenols is 1. The molecule has 0 atom stereocenters. The number of cyclic esters (lactones) is 2. The first-order valence-electron chi connectivity index (χ1n) is 6.10. The lowest BCUT2D eigenvalue weighted by Gasteiger charge is -2.29. The number of benzene rings is 1. The van der Waals surface area contributed by atoms with E-state index in [-0.39, 0.29) is 17.1 Å². The van der Waals surface area contributed by atoms with E-state index in [2.05, 4.69) is 5.32 Å². The van der Waals surface area contributed by atoms with E-state index in [1.54, 1.807) is 0 Å². The van der Waals surface area contributed by atoms with Gasteiger partial charge in [-0.2, -0.15) is 0 Å². The molecule has 2 rings (SSSR count). The molecule has 1 heterocycles. The fraction of sp³-hybridized carbons (Fsp3) is 0.231. The molecule has 0 amide bonds. The summed E-state index contributed by atoms with van der Waals surface area (Å²) >= 11 is 0.